The van der Waals surface area contributed by atoms with Gasteiger partial charge in [-0.3, -0.25) is 0 Å². The van der Waals surface area contributed by atoms with Crippen LogP contribution in [-0.2, 0) is 25.8 Å². The summed E-state index contributed by atoms with van der Waals surface area (Å²) in [4.78, 5) is 24.8. The predicted octanol–water partition coefficient (Wildman–Crippen LogP) is 3.43. The third-order valence-corrected chi connectivity index (χ3v) is 6.38. The van der Waals surface area contributed by atoms with Crippen molar-refractivity contribution >= 4 is 27.5 Å². The van der Waals surface area contributed by atoms with E-state index in [9.17, 15) is 18.0 Å². The van der Waals surface area contributed by atoms with Crippen LogP contribution in [0.2, 0.25) is 0 Å². The van der Waals surface area contributed by atoms with Crippen LogP contribution in [0.3, 0.4) is 0 Å². The van der Waals surface area contributed by atoms with E-state index in [4.69, 9.17) is 4.74 Å². The fourth-order valence-corrected chi connectivity index (χ4v) is 4.47. The van der Waals surface area contributed by atoms with E-state index in [1.165, 1.54) is 31.4 Å². The Labute approximate surface area is 181 Å². The highest BCUT2D eigenvalue weighted by Crippen LogP contribution is 2.27. The minimum atomic E-state index is -3.85. The van der Waals surface area contributed by atoms with Crippen LogP contribution in [-0.4, -0.2) is 33.6 Å². The van der Waals surface area contributed by atoms with Crippen molar-refractivity contribution in [2.75, 3.05) is 12.4 Å². The van der Waals surface area contributed by atoms with Crippen LogP contribution in [0, 0.1) is 0 Å². The lowest BCUT2D eigenvalue weighted by Gasteiger charge is -2.18. The number of ether oxygens (including phenoxy) is 1. The van der Waals surface area contributed by atoms with Crippen molar-refractivity contribution < 1.29 is 22.7 Å². The van der Waals surface area contributed by atoms with Gasteiger partial charge in [-0.2, -0.15) is 0 Å². The van der Waals surface area contributed by atoms with Gasteiger partial charge in [-0.15, -0.1) is 0 Å². The van der Waals surface area contributed by atoms with Crippen LogP contribution >= 0.6 is 0 Å². The molecule has 3 aromatic rings. The molecule has 0 aliphatic heterocycles. The quantitative estimate of drug-likeness (QED) is 0.551. The summed E-state index contributed by atoms with van der Waals surface area (Å²) in [6.07, 6.45) is 0.227. The standard InChI is InChI=1S/C23H22N2O5S/c1-30-22(26)20(16-17-10-4-2-5-11-17)25-23(27)24-19-14-8-9-15-21(19)31(28,29)18-12-6-3-7-13-18/h2-15,20H,16H2,1H3,(H2,24,25,27). The van der Waals surface area contributed by atoms with Crippen molar-refractivity contribution in [3.63, 3.8) is 0 Å². The third kappa shape index (κ3) is 5.49. The number of sulfone groups is 1. The van der Waals surface area contributed by atoms with E-state index in [0.717, 1.165) is 5.56 Å². The Balaban J connectivity index is 1.81. The number of carbonyl (C=O) groups excluding carboxylic acids is 2. The van der Waals surface area contributed by atoms with Gasteiger partial charge in [0.15, 0.2) is 0 Å². The number of para-hydroxylation sites is 1. The monoisotopic (exact) mass is 438 g/mol. The van der Waals surface area contributed by atoms with Crippen molar-refractivity contribution in [2.24, 2.45) is 0 Å². The van der Waals surface area contributed by atoms with Gasteiger partial charge in [-0.05, 0) is 29.8 Å². The highest BCUT2D eigenvalue weighted by Gasteiger charge is 2.25. The number of benzene rings is 3. The van der Waals surface area contributed by atoms with Crippen molar-refractivity contribution in [1.82, 2.24) is 5.32 Å². The van der Waals surface area contributed by atoms with Crippen LogP contribution in [0.1, 0.15) is 5.56 Å². The average molecular weight is 439 g/mol. The van der Waals surface area contributed by atoms with Gasteiger partial charge in [0.25, 0.3) is 0 Å². The zero-order valence-electron chi connectivity index (χ0n) is 16.8. The molecular formula is C23H22N2O5S. The van der Waals surface area contributed by atoms with Gasteiger partial charge in [0.1, 0.15) is 6.04 Å². The molecule has 1 atom stereocenters. The maximum atomic E-state index is 13.0. The molecule has 160 valence electrons. The van der Waals surface area contributed by atoms with E-state index < -0.39 is 27.9 Å². The number of amides is 2. The lowest BCUT2D eigenvalue weighted by molar-refractivity contribution is -0.142. The number of rotatable bonds is 7. The molecule has 0 aliphatic carbocycles. The Morgan fingerprint density at radius 1 is 0.871 bits per heavy atom. The zero-order valence-corrected chi connectivity index (χ0v) is 17.6. The second-order valence-corrected chi connectivity index (χ2v) is 8.59. The maximum Gasteiger partial charge on any atom is 0.328 e. The van der Waals surface area contributed by atoms with Crippen molar-refractivity contribution in [3.05, 3.63) is 90.5 Å². The Morgan fingerprint density at radius 2 is 1.45 bits per heavy atom. The summed E-state index contributed by atoms with van der Waals surface area (Å²) < 4.78 is 30.8. The maximum absolute atomic E-state index is 13.0. The first-order valence-electron chi connectivity index (χ1n) is 9.50. The van der Waals surface area contributed by atoms with Crippen LogP contribution in [0.15, 0.2) is 94.7 Å². The second kappa shape index (κ2) is 9.90. The molecule has 0 bridgehead atoms. The summed E-state index contributed by atoms with van der Waals surface area (Å²) in [5.41, 5.74) is 0.942. The van der Waals surface area contributed by atoms with Gasteiger partial charge in [-0.1, -0.05) is 60.7 Å². The lowest BCUT2D eigenvalue weighted by atomic mass is 10.1. The van der Waals surface area contributed by atoms with E-state index in [1.54, 1.807) is 30.3 Å². The molecule has 7 nitrogen and oxygen atoms in total. The molecule has 2 amide bonds. The summed E-state index contributed by atoms with van der Waals surface area (Å²) >= 11 is 0. The molecule has 0 heterocycles. The lowest BCUT2D eigenvalue weighted by Crippen LogP contribution is -2.45. The summed E-state index contributed by atoms with van der Waals surface area (Å²) in [6, 6.07) is 21.5. The summed E-state index contributed by atoms with van der Waals surface area (Å²) in [7, 11) is -2.61. The van der Waals surface area contributed by atoms with E-state index in [2.05, 4.69) is 10.6 Å². The minimum Gasteiger partial charge on any atom is -0.467 e. The SMILES string of the molecule is COC(=O)C(Cc1ccccc1)NC(=O)Nc1ccccc1S(=O)(=O)c1ccccc1. The van der Waals surface area contributed by atoms with Gasteiger partial charge < -0.3 is 15.4 Å². The largest absolute Gasteiger partial charge is 0.467 e. The number of carbonyl (C=O) groups is 2. The number of hydrogen-bond donors (Lipinski definition) is 2. The third-order valence-electron chi connectivity index (χ3n) is 4.55. The molecule has 3 aromatic carbocycles. The molecule has 3 rings (SSSR count). The first-order chi connectivity index (χ1) is 14.9. The van der Waals surface area contributed by atoms with E-state index >= 15 is 0 Å². The van der Waals surface area contributed by atoms with Crippen LogP contribution in [0.5, 0.6) is 0 Å². The molecule has 0 spiro atoms. The van der Waals surface area contributed by atoms with Crippen LogP contribution in [0.25, 0.3) is 0 Å². The molecule has 0 aliphatic rings. The second-order valence-electron chi connectivity index (χ2n) is 6.68. The van der Waals surface area contributed by atoms with Crippen LogP contribution < -0.4 is 10.6 Å². The van der Waals surface area contributed by atoms with E-state index in [0.29, 0.717) is 0 Å². The van der Waals surface area contributed by atoms with E-state index in [1.807, 2.05) is 30.3 Å². The number of urea groups is 1. The molecular weight excluding hydrogens is 416 g/mol. The average Bonchev–Trinajstić information content (AvgIpc) is 2.79. The molecule has 0 fully saturated rings. The molecule has 0 saturated carbocycles. The molecule has 2 N–H and O–H groups in total. The Bertz CT molecular complexity index is 1150. The zero-order chi connectivity index (χ0) is 22.3. The Morgan fingerprint density at radius 3 is 2.10 bits per heavy atom. The molecule has 0 saturated heterocycles. The minimum absolute atomic E-state index is 0.0472. The van der Waals surface area contributed by atoms with Crippen molar-refractivity contribution in [2.45, 2.75) is 22.3 Å². The molecule has 0 radical (unpaired) electrons. The van der Waals surface area contributed by atoms with Gasteiger partial charge in [0, 0.05) is 6.42 Å². The molecule has 0 aromatic heterocycles. The van der Waals surface area contributed by atoms with Crippen LogP contribution in [0.4, 0.5) is 10.5 Å². The number of esters is 1. The molecule has 1 unspecified atom stereocenters. The fraction of sp³-hybridized carbons (Fsp3) is 0.130. The highest BCUT2D eigenvalue weighted by atomic mass is 32.2. The van der Waals surface area contributed by atoms with Gasteiger partial charge in [0.2, 0.25) is 9.84 Å². The summed E-state index contributed by atoms with van der Waals surface area (Å²) in [6.45, 7) is 0. The topological polar surface area (TPSA) is 102 Å². The fourth-order valence-electron chi connectivity index (χ4n) is 3.03. The van der Waals surface area contributed by atoms with Gasteiger partial charge in [0.05, 0.1) is 22.6 Å². The highest BCUT2D eigenvalue weighted by molar-refractivity contribution is 7.91. The van der Waals surface area contributed by atoms with E-state index in [-0.39, 0.29) is 21.9 Å². The molecule has 8 heteroatoms. The number of hydrogen-bond acceptors (Lipinski definition) is 5. The van der Waals surface area contributed by atoms with Crippen molar-refractivity contribution in [3.8, 4) is 0 Å². The van der Waals surface area contributed by atoms with Crippen molar-refractivity contribution in [1.29, 1.82) is 0 Å². The van der Waals surface area contributed by atoms with Gasteiger partial charge in [-0.25, -0.2) is 18.0 Å². The smallest absolute Gasteiger partial charge is 0.328 e. The Kier molecular flexibility index (Phi) is 7.04. The predicted molar refractivity (Wildman–Crippen MR) is 116 cm³/mol. The Hall–Kier alpha value is -3.65. The first-order valence-corrected chi connectivity index (χ1v) is 11.0. The number of methoxy groups -OCH3 is 1. The number of nitrogens with one attached hydrogen (secondary N) is 2. The summed E-state index contributed by atoms with van der Waals surface area (Å²) in [5, 5.41) is 5.11. The normalized spacial score (nSPS) is 11.9. The number of anilines is 1. The molecule has 31 heavy (non-hydrogen) atoms. The summed E-state index contributed by atoms with van der Waals surface area (Å²) in [5.74, 6) is -0.607. The van der Waals surface area contributed by atoms with Gasteiger partial charge >= 0.3 is 12.0 Å². The first kappa shape index (κ1) is 22.0.